The number of carbonyl (C=O) groups is 2. The molecular weight excluding hydrogens is 444 g/mol. The Bertz CT molecular complexity index is 1390. The zero-order valence-electron chi connectivity index (χ0n) is 17.6. The van der Waals surface area contributed by atoms with Gasteiger partial charge in [0.1, 0.15) is 29.1 Å². The van der Waals surface area contributed by atoms with Gasteiger partial charge in [-0.1, -0.05) is 11.3 Å². The molecule has 3 heterocycles. The third-order valence-corrected chi connectivity index (χ3v) is 6.43. The lowest BCUT2D eigenvalue weighted by atomic mass is 9.99. The lowest BCUT2D eigenvalue weighted by molar-refractivity contribution is -0.132. The van der Waals surface area contributed by atoms with E-state index in [-0.39, 0.29) is 11.3 Å². The topological polar surface area (TPSA) is 102 Å². The van der Waals surface area contributed by atoms with Crippen molar-refractivity contribution >= 4 is 44.1 Å². The van der Waals surface area contributed by atoms with E-state index in [0.717, 1.165) is 4.70 Å². The summed E-state index contributed by atoms with van der Waals surface area (Å²) in [5, 5.41) is 11.4. The number of ether oxygens (including phenoxy) is 2. The number of furan rings is 1. The van der Waals surface area contributed by atoms with Gasteiger partial charge >= 0.3 is 5.91 Å². The molecule has 9 heteroatoms. The van der Waals surface area contributed by atoms with Crippen molar-refractivity contribution < 1.29 is 28.6 Å². The Kier molecular flexibility index (Phi) is 5.10. The number of fused-ring (bicyclic) bond motifs is 1. The zero-order valence-corrected chi connectivity index (χ0v) is 18.5. The first kappa shape index (κ1) is 20.8. The van der Waals surface area contributed by atoms with E-state index in [1.54, 1.807) is 55.6 Å². The number of aliphatic hydroxyl groups is 1. The van der Waals surface area contributed by atoms with Gasteiger partial charge in [0.25, 0.3) is 5.78 Å². The molecule has 1 aliphatic rings. The highest BCUT2D eigenvalue weighted by atomic mass is 32.1. The number of benzene rings is 2. The second kappa shape index (κ2) is 8.10. The highest BCUT2D eigenvalue weighted by molar-refractivity contribution is 7.22. The Labute approximate surface area is 192 Å². The Morgan fingerprint density at radius 2 is 1.79 bits per heavy atom. The molecule has 0 bridgehead atoms. The van der Waals surface area contributed by atoms with Crippen LogP contribution < -0.4 is 14.4 Å². The van der Waals surface area contributed by atoms with Crippen molar-refractivity contribution in [3.8, 4) is 11.5 Å². The Balaban J connectivity index is 1.67. The lowest BCUT2D eigenvalue weighted by Gasteiger charge is -2.20. The molecule has 0 saturated carbocycles. The third kappa shape index (κ3) is 3.42. The molecule has 1 unspecified atom stereocenters. The average Bonchev–Trinajstić information content (AvgIpc) is 3.57. The van der Waals surface area contributed by atoms with Gasteiger partial charge in [-0.05, 0) is 54.6 Å². The lowest BCUT2D eigenvalue weighted by Crippen LogP contribution is -2.29. The van der Waals surface area contributed by atoms with Crippen molar-refractivity contribution in [3.05, 3.63) is 77.8 Å². The molecule has 1 atom stereocenters. The van der Waals surface area contributed by atoms with Gasteiger partial charge < -0.3 is 19.0 Å². The molecule has 33 heavy (non-hydrogen) atoms. The van der Waals surface area contributed by atoms with Crippen LogP contribution >= 0.6 is 11.3 Å². The van der Waals surface area contributed by atoms with E-state index in [9.17, 15) is 14.7 Å². The number of amides is 1. The number of hydrogen-bond donors (Lipinski definition) is 1. The number of methoxy groups -OCH3 is 2. The Morgan fingerprint density at radius 1 is 1.06 bits per heavy atom. The fraction of sp³-hybridized carbons (Fsp3) is 0.125. The molecule has 1 N–H and O–H groups in total. The van der Waals surface area contributed by atoms with Crippen LogP contribution in [0.15, 0.2) is 70.9 Å². The molecular formula is C24H18N2O6S. The number of thiazole rings is 1. The molecule has 8 nitrogen and oxygen atoms in total. The van der Waals surface area contributed by atoms with E-state index in [2.05, 4.69) is 4.98 Å². The molecule has 1 aliphatic heterocycles. The summed E-state index contributed by atoms with van der Waals surface area (Å²) in [6.07, 6.45) is 1.45. The first-order chi connectivity index (χ1) is 16.0. The molecule has 1 fully saturated rings. The maximum atomic E-state index is 13.2. The van der Waals surface area contributed by atoms with Gasteiger partial charge in [-0.15, -0.1) is 0 Å². The highest BCUT2D eigenvalue weighted by Gasteiger charge is 2.49. The monoisotopic (exact) mass is 462 g/mol. The maximum Gasteiger partial charge on any atom is 0.302 e. The van der Waals surface area contributed by atoms with Gasteiger partial charge in [-0.25, -0.2) is 4.98 Å². The van der Waals surface area contributed by atoms with Gasteiger partial charge in [-0.3, -0.25) is 14.5 Å². The van der Waals surface area contributed by atoms with Crippen LogP contribution in [0.3, 0.4) is 0 Å². The van der Waals surface area contributed by atoms with E-state index in [1.165, 1.54) is 29.6 Å². The van der Waals surface area contributed by atoms with Crippen molar-refractivity contribution in [1.82, 2.24) is 4.98 Å². The number of rotatable bonds is 5. The van der Waals surface area contributed by atoms with E-state index in [4.69, 9.17) is 13.9 Å². The van der Waals surface area contributed by atoms with Crippen LogP contribution in [0, 0.1) is 0 Å². The van der Waals surface area contributed by atoms with Gasteiger partial charge in [-0.2, -0.15) is 0 Å². The molecule has 5 rings (SSSR count). The third-order valence-electron chi connectivity index (χ3n) is 5.41. The average molecular weight is 462 g/mol. The minimum Gasteiger partial charge on any atom is -0.507 e. The van der Waals surface area contributed by atoms with Crippen LogP contribution in [0.25, 0.3) is 16.0 Å². The summed E-state index contributed by atoms with van der Waals surface area (Å²) >= 11 is 1.24. The molecule has 4 aromatic rings. The van der Waals surface area contributed by atoms with Crippen molar-refractivity contribution in [3.63, 3.8) is 0 Å². The molecule has 0 spiro atoms. The van der Waals surface area contributed by atoms with Crippen molar-refractivity contribution in [2.45, 2.75) is 6.04 Å². The quantitative estimate of drug-likeness (QED) is 0.264. The predicted molar refractivity (Wildman–Crippen MR) is 123 cm³/mol. The van der Waals surface area contributed by atoms with Crippen molar-refractivity contribution in [2.24, 2.45) is 0 Å². The summed E-state index contributed by atoms with van der Waals surface area (Å²) in [5.41, 5.74) is 0.961. The van der Waals surface area contributed by atoms with Crippen LogP contribution in [0.1, 0.15) is 17.4 Å². The van der Waals surface area contributed by atoms with E-state index in [1.807, 2.05) is 6.07 Å². The number of aromatic nitrogens is 1. The van der Waals surface area contributed by atoms with Crippen LogP contribution in [0.2, 0.25) is 0 Å². The largest absolute Gasteiger partial charge is 0.507 e. The van der Waals surface area contributed by atoms with Crippen LogP contribution in [0.5, 0.6) is 11.5 Å². The van der Waals surface area contributed by atoms with Crippen molar-refractivity contribution in [2.75, 3.05) is 19.1 Å². The summed E-state index contributed by atoms with van der Waals surface area (Å²) in [7, 11) is 3.10. The number of Topliss-reactive ketones (excluding diaryl/α,β-unsaturated/α-hetero) is 1. The van der Waals surface area contributed by atoms with E-state index >= 15 is 0 Å². The minimum atomic E-state index is -0.968. The zero-order chi connectivity index (χ0) is 23.1. The predicted octanol–water partition coefficient (Wildman–Crippen LogP) is 4.53. The van der Waals surface area contributed by atoms with Crippen LogP contribution in [-0.2, 0) is 9.59 Å². The SMILES string of the molecule is COc1ccc(C(O)=C2C(=O)C(=O)N(c3nc4ccc(OC)cc4s3)C2c2ccco2)cc1. The summed E-state index contributed by atoms with van der Waals surface area (Å²) in [6, 6.07) is 14.3. The first-order valence-corrected chi connectivity index (χ1v) is 10.8. The summed E-state index contributed by atoms with van der Waals surface area (Å²) in [4.78, 5) is 32.1. The van der Waals surface area contributed by atoms with Gasteiger partial charge in [0, 0.05) is 5.56 Å². The minimum absolute atomic E-state index is 0.0723. The summed E-state index contributed by atoms with van der Waals surface area (Å²) in [6.45, 7) is 0. The summed E-state index contributed by atoms with van der Waals surface area (Å²) in [5.74, 6) is -0.329. The molecule has 1 saturated heterocycles. The Morgan fingerprint density at radius 3 is 2.45 bits per heavy atom. The van der Waals surface area contributed by atoms with Gasteiger partial charge in [0.05, 0.1) is 36.3 Å². The first-order valence-electron chi connectivity index (χ1n) is 9.95. The number of nitrogens with zero attached hydrogens (tertiary/aromatic N) is 2. The van der Waals surface area contributed by atoms with E-state index < -0.39 is 17.7 Å². The molecule has 1 amide bonds. The molecule has 166 valence electrons. The fourth-order valence-corrected chi connectivity index (χ4v) is 4.79. The molecule has 2 aromatic heterocycles. The van der Waals surface area contributed by atoms with Crippen LogP contribution in [0.4, 0.5) is 5.13 Å². The second-order valence-corrected chi connectivity index (χ2v) is 8.25. The Hall–Kier alpha value is -4.11. The molecule has 0 aliphatic carbocycles. The number of aliphatic hydroxyl groups excluding tert-OH is 1. The van der Waals surface area contributed by atoms with Crippen LogP contribution in [-0.4, -0.2) is 36.0 Å². The number of hydrogen-bond acceptors (Lipinski definition) is 8. The maximum absolute atomic E-state index is 13.2. The van der Waals surface area contributed by atoms with E-state index in [0.29, 0.717) is 33.5 Å². The second-order valence-electron chi connectivity index (χ2n) is 7.24. The molecule has 0 radical (unpaired) electrons. The van der Waals surface area contributed by atoms with Crippen molar-refractivity contribution in [1.29, 1.82) is 0 Å². The fourth-order valence-electron chi connectivity index (χ4n) is 3.77. The summed E-state index contributed by atoms with van der Waals surface area (Å²) < 4.78 is 16.8. The van der Waals surface area contributed by atoms with Gasteiger partial charge in [0.2, 0.25) is 0 Å². The standard InChI is InChI=1S/C24H18N2O6S/c1-30-14-7-5-13(6-8-14)21(27)19-20(17-4-3-11-32-17)26(23(29)22(19)28)24-25-16-10-9-15(31-2)12-18(16)33-24/h3-12,20,27H,1-2H3. The number of carbonyl (C=O) groups excluding carboxylic acids is 2. The number of anilines is 1. The smallest absolute Gasteiger partial charge is 0.302 e. The highest BCUT2D eigenvalue weighted by Crippen LogP contribution is 2.44. The molecule has 2 aromatic carbocycles. The normalized spacial score (nSPS) is 17.6. The number of ketones is 1. The van der Waals surface area contributed by atoms with Gasteiger partial charge in [0.15, 0.2) is 5.13 Å².